The van der Waals surface area contributed by atoms with Crippen molar-refractivity contribution in [2.75, 3.05) is 25.0 Å². The molecule has 1 aromatic carbocycles. The summed E-state index contributed by atoms with van der Waals surface area (Å²) in [5.41, 5.74) is 1.10. The van der Waals surface area contributed by atoms with Crippen molar-refractivity contribution in [3.05, 3.63) is 36.0 Å². The summed E-state index contributed by atoms with van der Waals surface area (Å²) >= 11 is 0. The lowest BCUT2D eigenvalue weighted by atomic mass is 10.1. The molecule has 0 fully saturated rings. The Balaban J connectivity index is 2.54. The van der Waals surface area contributed by atoms with E-state index in [4.69, 9.17) is 4.98 Å². The van der Waals surface area contributed by atoms with E-state index < -0.39 is 0 Å². The summed E-state index contributed by atoms with van der Waals surface area (Å²) in [6, 6.07) is 10.7. The highest BCUT2D eigenvalue weighted by atomic mass is 15.2. The summed E-state index contributed by atoms with van der Waals surface area (Å²) in [6.07, 6.45) is 1.14. The molecule has 19 heavy (non-hydrogen) atoms. The maximum atomic E-state index is 4.84. The van der Waals surface area contributed by atoms with Crippen molar-refractivity contribution in [3.8, 4) is 0 Å². The van der Waals surface area contributed by atoms with Crippen LogP contribution in [0.25, 0.3) is 10.8 Å². The number of hydrogen-bond acceptors (Lipinski definition) is 3. The van der Waals surface area contributed by atoms with Gasteiger partial charge in [0.1, 0.15) is 5.82 Å². The van der Waals surface area contributed by atoms with E-state index >= 15 is 0 Å². The average molecular weight is 257 g/mol. The van der Waals surface area contributed by atoms with Gasteiger partial charge in [-0.05, 0) is 31.8 Å². The van der Waals surface area contributed by atoms with Gasteiger partial charge >= 0.3 is 0 Å². The molecule has 3 heteroatoms. The van der Waals surface area contributed by atoms with Crippen LogP contribution in [0.4, 0.5) is 5.82 Å². The highest BCUT2D eigenvalue weighted by Gasteiger charge is 2.11. The van der Waals surface area contributed by atoms with Crippen molar-refractivity contribution in [3.63, 3.8) is 0 Å². The Morgan fingerprint density at radius 3 is 2.68 bits per heavy atom. The van der Waals surface area contributed by atoms with Gasteiger partial charge < -0.3 is 10.2 Å². The van der Waals surface area contributed by atoms with Crippen molar-refractivity contribution in [2.45, 2.75) is 26.8 Å². The lowest BCUT2D eigenvalue weighted by molar-refractivity contribution is 0.760. The zero-order valence-electron chi connectivity index (χ0n) is 12.1. The van der Waals surface area contributed by atoms with Gasteiger partial charge in [-0.2, -0.15) is 0 Å². The number of pyridine rings is 1. The van der Waals surface area contributed by atoms with E-state index in [0.29, 0.717) is 0 Å². The molecule has 0 aliphatic heterocycles. The molecule has 0 radical (unpaired) electrons. The first-order valence-corrected chi connectivity index (χ1v) is 7.08. The van der Waals surface area contributed by atoms with Gasteiger partial charge in [0.15, 0.2) is 0 Å². The molecule has 102 valence electrons. The topological polar surface area (TPSA) is 28.2 Å². The molecular weight excluding hydrogens is 234 g/mol. The minimum Gasteiger partial charge on any atom is -0.356 e. The van der Waals surface area contributed by atoms with Crippen LogP contribution in [0.15, 0.2) is 30.3 Å². The zero-order chi connectivity index (χ0) is 13.7. The molecule has 1 heterocycles. The minimum absolute atomic E-state index is 0.807. The summed E-state index contributed by atoms with van der Waals surface area (Å²) in [6.45, 7) is 7.25. The number of aromatic nitrogens is 1. The van der Waals surface area contributed by atoms with E-state index in [1.807, 2.05) is 7.05 Å². The SMILES string of the molecule is CCCN(CC)c1nc(CNC)cc2ccccc12. The fourth-order valence-electron chi connectivity index (χ4n) is 2.43. The van der Waals surface area contributed by atoms with Gasteiger partial charge in [-0.1, -0.05) is 31.2 Å². The molecule has 0 aliphatic rings. The van der Waals surface area contributed by atoms with Gasteiger partial charge in [0.05, 0.1) is 5.69 Å². The number of rotatable bonds is 6. The second kappa shape index (κ2) is 6.53. The maximum absolute atomic E-state index is 4.84. The summed E-state index contributed by atoms with van der Waals surface area (Å²) in [5.74, 6) is 1.12. The van der Waals surface area contributed by atoms with Crippen LogP contribution in [-0.4, -0.2) is 25.1 Å². The maximum Gasteiger partial charge on any atom is 0.136 e. The van der Waals surface area contributed by atoms with Gasteiger partial charge in [0.25, 0.3) is 0 Å². The van der Waals surface area contributed by atoms with E-state index in [9.17, 15) is 0 Å². The highest BCUT2D eigenvalue weighted by Crippen LogP contribution is 2.25. The Hall–Kier alpha value is -1.61. The zero-order valence-corrected chi connectivity index (χ0v) is 12.1. The molecule has 1 N–H and O–H groups in total. The first kappa shape index (κ1) is 13.8. The molecule has 2 rings (SSSR count). The molecule has 0 amide bonds. The van der Waals surface area contributed by atoms with Crippen LogP contribution in [-0.2, 0) is 6.54 Å². The predicted molar refractivity (Wildman–Crippen MR) is 82.7 cm³/mol. The molecule has 0 unspecified atom stereocenters. The van der Waals surface area contributed by atoms with E-state index in [-0.39, 0.29) is 0 Å². The van der Waals surface area contributed by atoms with Crippen molar-refractivity contribution in [1.82, 2.24) is 10.3 Å². The predicted octanol–water partition coefficient (Wildman–Crippen LogP) is 3.19. The number of hydrogen-bond donors (Lipinski definition) is 1. The minimum atomic E-state index is 0.807. The molecule has 0 atom stereocenters. The van der Waals surface area contributed by atoms with Gasteiger partial charge in [-0.25, -0.2) is 4.98 Å². The highest BCUT2D eigenvalue weighted by molar-refractivity contribution is 5.92. The van der Waals surface area contributed by atoms with E-state index in [1.165, 1.54) is 10.8 Å². The van der Waals surface area contributed by atoms with Crippen molar-refractivity contribution in [1.29, 1.82) is 0 Å². The second-order valence-corrected chi connectivity index (χ2v) is 4.77. The van der Waals surface area contributed by atoms with Crippen molar-refractivity contribution in [2.24, 2.45) is 0 Å². The molecule has 2 aromatic rings. The van der Waals surface area contributed by atoms with Crippen LogP contribution in [0.2, 0.25) is 0 Å². The Bertz CT molecular complexity index is 537. The monoisotopic (exact) mass is 257 g/mol. The number of benzene rings is 1. The number of anilines is 1. The first-order valence-electron chi connectivity index (χ1n) is 7.08. The number of nitrogens with one attached hydrogen (secondary N) is 1. The smallest absolute Gasteiger partial charge is 0.136 e. The molecule has 0 saturated heterocycles. The normalized spacial score (nSPS) is 10.9. The molecule has 0 aliphatic carbocycles. The Kier molecular flexibility index (Phi) is 4.74. The Morgan fingerprint density at radius 1 is 1.21 bits per heavy atom. The molecule has 0 spiro atoms. The lowest BCUT2D eigenvalue weighted by Crippen LogP contribution is -2.25. The van der Waals surface area contributed by atoms with Crippen molar-refractivity contribution < 1.29 is 0 Å². The van der Waals surface area contributed by atoms with Crippen LogP contribution >= 0.6 is 0 Å². The summed E-state index contributed by atoms with van der Waals surface area (Å²) in [4.78, 5) is 7.21. The van der Waals surface area contributed by atoms with E-state index in [0.717, 1.165) is 37.6 Å². The van der Waals surface area contributed by atoms with Crippen LogP contribution in [0.3, 0.4) is 0 Å². The summed E-state index contributed by atoms with van der Waals surface area (Å²) in [5, 5.41) is 5.70. The average Bonchev–Trinajstić information content (AvgIpc) is 2.44. The number of fused-ring (bicyclic) bond motifs is 1. The number of nitrogens with zero attached hydrogens (tertiary/aromatic N) is 2. The molecular formula is C16H23N3. The van der Waals surface area contributed by atoms with Crippen LogP contribution in [0.1, 0.15) is 26.0 Å². The van der Waals surface area contributed by atoms with E-state index in [1.54, 1.807) is 0 Å². The molecule has 1 aromatic heterocycles. The molecule has 0 saturated carbocycles. The lowest BCUT2D eigenvalue weighted by Gasteiger charge is -2.23. The Labute approximate surface area is 115 Å². The van der Waals surface area contributed by atoms with Crippen LogP contribution in [0, 0.1) is 0 Å². The first-order chi connectivity index (χ1) is 9.30. The third kappa shape index (κ3) is 3.04. The third-order valence-electron chi connectivity index (χ3n) is 3.31. The summed E-state index contributed by atoms with van der Waals surface area (Å²) < 4.78 is 0. The third-order valence-corrected chi connectivity index (χ3v) is 3.31. The molecule has 3 nitrogen and oxygen atoms in total. The summed E-state index contributed by atoms with van der Waals surface area (Å²) in [7, 11) is 1.96. The fraction of sp³-hybridized carbons (Fsp3) is 0.438. The van der Waals surface area contributed by atoms with Crippen LogP contribution in [0.5, 0.6) is 0 Å². The quantitative estimate of drug-likeness (QED) is 0.861. The Morgan fingerprint density at radius 2 is 2.00 bits per heavy atom. The fourth-order valence-corrected chi connectivity index (χ4v) is 2.43. The molecule has 0 bridgehead atoms. The van der Waals surface area contributed by atoms with Gasteiger partial charge in [0, 0.05) is 25.0 Å². The van der Waals surface area contributed by atoms with Crippen LogP contribution < -0.4 is 10.2 Å². The van der Waals surface area contributed by atoms with Gasteiger partial charge in [-0.3, -0.25) is 0 Å². The van der Waals surface area contributed by atoms with Crippen molar-refractivity contribution >= 4 is 16.6 Å². The largest absolute Gasteiger partial charge is 0.356 e. The van der Waals surface area contributed by atoms with E-state index in [2.05, 4.69) is 54.4 Å². The second-order valence-electron chi connectivity index (χ2n) is 4.77. The van der Waals surface area contributed by atoms with Gasteiger partial charge in [-0.15, -0.1) is 0 Å². The van der Waals surface area contributed by atoms with Gasteiger partial charge in [0.2, 0.25) is 0 Å². The standard InChI is InChI=1S/C16H23N3/c1-4-10-19(5-2)16-15-9-7-6-8-13(15)11-14(18-16)12-17-3/h6-9,11,17H,4-5,10,12H2,1-3H3.